The zero-order valence-corrected chi connectivity index (χ0v) is 13.1. The van der Waals surface area contributed by atoms with Gasteiger partial charge < -0.3 is 19.7 Å². The zero-order chi connectivity index (χ0) is 13.5. The maximum atomic E-state index is 12.3. The van der Waals surface area contributed by atoms with Crippen LogP contribution in [0.25, 0.3) is 0 Å². The molecule has 2 aliphatic heterocycles. The average Bonchev–Trinajstić information content (AvgIpc) is 2.74. The van der Waals surface area contributed by atoms with Crippen molar-refractivity contribution in [2.24, 2.45) is 0 Å². The van der Waals surface area contributed by atoms with Gasteiger partial charge in [0.05, 0.1) is 12.7 Å². The molecule has 0 spiro atoms. The summed E-state index contributed by atoms with van der Waals surface area (Å²) in [5.41, 5.74) is 0. The van der Waals surface area contributed by atoms with Crippen LogP contribution >= 0.6 is 12.4 Å². The molecule has 0 saturated carbocycles. The molecule has 5 nitrogen and oxygen atoms in total. The number of hydrogen-bond donors (Lipinski definition) is 1. The number of amides is 1. The van der Waals surface area contributed by atoms with E-state index in [2.05, 4.69) is 5.32 Å². The van der Waals surface area contributed by atoms with Crippen molar-refractivity contribution in [1.29, 1.82) is 0 Å². The number of rotatable bonds is 4. The number of carbonyl (C=O) groups excluding carboxylic acids is 1. The fourth-order valence-corrected chi connectivity index (χ4v) is 2.59. The van der Waals surface area contributed by atoms with Crippen molar-refractivity contribution in [3.63, 3.8) is 0 Å². The highest BCUT2D eigenvalue weighted by Gasteiger charge is 2.23. The van der Waals surface area contributed by atoms with E-state index in [1.807, 2.05) is 11.8 Å². The van der Waals surface area contributed by atoms with Crippen molar-refractivity contribution in [3.8, 4) is 0 Å². The second-order valence-corrected chi connectivity index (χ2v) is 5.39. The van der Waals surface area contributed by atoms with E-state index in [9.17, 15) is 4.79 Å². The molecule has 2 rings (SSSR count). The second kappa shape index (κ2) is 9.55. The first-order valence-corrected chi connectivity index (χ1v) is 7.50. The Hall–Kier alpha value is -0.360. The Morgan fingerprint density at radius 1 is 1.35 bits per heavy atom. The summed E-state index contributed by atoms with van der Waals surface area (Å²) in [4.78, 5) is 14.2. The minimum Gasteiger partial charge on any atom is -0.376 e. The van der Waals surface area contributed by atoms with Gasteiger partial charge in [0.15, 0.2) is 0 Å². The highest BCUT2D eigenvalue weighted by molar-refractivity contribution is 5.85. The molecule has 0 aromatic rings. The van der Waals surface area contributed by atoms with E-state index in [1.54, 1.807) is 0 Å². The Morgan fingerprint density at radius 2 is 2.20 bits per heavy atom. The van der Waals surface area contributed by atoms with E-state index in [1.165, 1.54) is 6.42 Å². The first-order valence-electron chi connectivity index (χ1n) is 7.50. The van der Waals surface area contributed by atoms with Gasteiger partial charge in [-0.2, -0.15) is 0 Å². The lowest BCUT2D eigenvalue weighted by Gasteiger charge is -2.27. The summed E-state index contributed by atoms with van der Waals surface area (Å²) in [6.07, 6.45) is 4.23. The van der Waals surface area contributed by atoms with E-state index in [-0.39, 0.29) is 30.5 Å². The summed E-state index contributed by atoms with van der Waals surface area (Å²) in [6.45, 7) is 6.71. The molecule has 2 aliphatic rings. The minimum absolute atomic E-state index is 0. The van der Waals surface area contributed by atoms with Crippen LogP contribution in [0, 0.1) is 0 Å². The maximum Gasteiger partial charge on any atom is 0.251 e. The lowest BCUT2D eigenvalue weighted by molar-refractivity contribution is -0.145. The third-order valence-electron chi connectivity index (χ3n) is 3.81. The molecule has 6 heteroatoms. The van der Waals surface area contributed by atoms with Crippen LogP contribution in [-0.2, 0) is 14.3 Å². The molecule has 1 amide bonds. The van der Waals surface area contributed by atoms with Gasteiger partial charge in [-0.15, -0.1) is 12.4 Å². The molecule has 20 heavy (non-hydrogen) atoms. The molecular weight excluding hydrogens is 280 g/mol. The standard InChI is InChI=1S/C14H26N2O3.ClH/c1-12(19-11-13-5-2-3-10-18-13)14(17)16-8-4-6-15-7-9-16;/h12-13,15H,2-11H2,1H3;1H. The Bertz CT molecular complexity index is 278. The molecule has 2 saturated heterocycles. The van der Waals surface area contributed by atoms with Crippen LogP contribution in [0.5, 0.6) is 0 Å². The number of nitrogens with zero attached hydrogens (tertiary/aromatic N) is 1. The first kappa shape index (κ1) is 17.7. The summed E-state index contributed by atoms with van der Waals surface area (Å²) < 4.78 is 11.3. The largest absolute Gasteiger partial charge is 0.376 e. The highest BCUT2D eigenvalue weighted by atomic mass is 35.5. The van der Waals surface area contributed by atoms with Gasteiger partial charge >= 0.3 is 0 Å². The molecule has 118 valence electrons. The molecule has 2 atom stereocenters. The molecule has 0 aromatic heterocycles. The predicted octanol–water partition coefficient (Wildman–Crippen LogP) is 1.20. The number of halogens is 1. The van der Waals surface area contributed by atoms with Crippen LogP contribution in [0.4, 0.5) is 0 Å². The van der Waals surface area contributed by atoms with Gasteiger partial charge in [0, 0.05) is 26.2 Å². The Balaban J connectivity index is 0.00000200. The van der Waals surface area contributed by atoms with Gasteiger partial charge in [0.2, 0.25) is 0 Å². The van der Waals surface area contributed by atoms with Crippen LogP contribution in [-0.4, -0.2) is 62.4 Å². The lowest BCUT2D eigenvalue weighted by Crippen LogP contribution is -2.42. The van der Waals surface area contributed by atoms with Crippen LogP contribution in [0.2, 0.25) is 0 Å². The van der Waals surface area contributed by atoms with Crippen molar-refractivity contribution in [2.45, 2.75) is 44.8 Å². The summed E-state index contributed by atoms with van der Waals surface area (Å²) >= 11 is 0. The summed E-state index contributed by atoms with van der Waals surface area (Å²) in [5, 5.41) is 3.30. The molecule has 2 heterocycles. The van der Waals surface area contributed by atoms with Crippen molar-refractivity contribution in [3.05, 3.63) is 0 Å². The normalized spacial score (nSPS) is 25.4. The summed E-state index contributed by atoms with van der Waals surface area (Å²) in [7, 11) is 0. The van der Waals surface area contributed by atoms with E-state index >= 15 is 0 Å². The molecule has 0 bridgehead atoms. The van der Waals surface area contributed by atoms with Gasteiger partial charge in [-0.1, -0.05) is 0 Å². The molecular formula is C14H27ClN2O3. The average molecular weight is 307 g/mol. The predicted molar refractivity (Wildman–Crippen MR) is 80.3 cm³/mol. The summed E-state index contributed by atoms with van der Waals surface area (Å²) in [5.74, 6) is 0.111. The highest BCUT2D eigenvalue weighted by Crippen LogP contribution is 2.14. The van der Waals surface area contributed by atoms with E-state index in [4.69, 9.17) is 9.47 Å². The molecule has 0 radical (unpaired) electrons. The fourth-order valence-electron chi connectivity index (χ4n) is 2.59. The molecule has 2 unspecified atom stereocenters. The Labute approximate surface area is 127 Å². The summed E-state index contributed by atoms with van der Waals surface area (Å²) in [6, 6.07) is 0. The Morgan fingerprint density at radius 3 is 2.95 bits per heavy atom. The van der Waals surface area contributed by atoms with Crippen LogP contribution in [0.3, 0.4) is 0 Å². The quantitative estimate of drug-likeness (QED) is 0.848. The minimum atomic E-state index is -0.358. The molecule has 1 N–H and O–H groups in total. The van der Waals surface area contributed by atoms with E-state index in [0.29, 0.717) is 6.61 Å². The molecule has 2 fully saturated rings. The number of hydrogen-bond acceptors (Lipinski definition) is 4. The van der Waals surface area contributed by atoms with Gasteiger partial charge in [0.1, 0.15) is 6.10 Å². The maximum absolute atomic E-state index is 12.3. The van der Waals surface area contributed by atoms with Gasteiger partial charge in [-0.05, 0) is 39.2 Å². The van der Waals surface area contributed by atoms with Crippen LogP contribution < -0.4 is 5.32 Å². The third kappa shape index (κ3) is 5.56. The fraction of sp³-hybridized carbons (Fsp3) is 0.929. The number of nitrogens with one attached hydrogen (secondary N) is 1. The lowest BCUT2D eigenvalue weighted by atomic mass is 10.1. The van der Waals surface area contributed by atoms with Gasteiger partial charge in [0.25, 0.3) is 5.91 Å². The smallest absolute Gasteiger partial charge is 0.251 e. The van der Waals surface area contributed by atoms with E-state index < -0.39 is 0 Å². The van der Waals surface area contributed by atoms with Gasteiger partial charge in [-0.3, -0.25) is 4.79 Å². The van der Waals surface area contributed by atoms with Gasteiger partial charge in [-0.25, -0.2) is 0 Å². The first-order chi connectivity index (χ1) is 9.27. The van der Waals surface area contributed by atoms with Crippen molar-refractivity contribution >= 4 is 18.3 Å². The second-order valence-electron chi connectivity index (χ2n) is 5.39. The topological polar surface area (TPSA) is 50.8 Å². The van der Waals surface area contributed by atoms with Crippen molar-refractivity contribution in [2.75, 3.05) is 39.4 Å². The number of carbonyl (C=O) groups is 1. The van der Waals surface area contributed by atoms with Crippen molar-refractivity contribution in [1.82, 2.24) is 10.2 Å². The SMILES string of the molecule is CC(OCC1CCCCO1)C(=O)N1CCCNCC1.Cl. The number of ether oxygens (including phenoxy) is 2. The zero-order valence-electron chi connectivity index (χ0n) is 12.3. The monoisotopic (exact) mass is 306 g/mol. The van der Waals surface area contributed by atoms with Crippen molar-refractivity contribution < 1.29 is 14.3 Å². The third-order valence-corrected chi connectivity index (χ3v) is 3.81. The van der Waals surface area contributed by atoms with E-state index in [0.717, 1.165) is 52.0 Å². The van der Waals surface area contributed by atoms with Crippen LogP contribution in [0.1, 0.15) is 32.6 Å². The molecule has 0 aliphatic carbocycles. The van der Waals surface area contributed by atoms with Crippen LogP contribution in [0.15, 0.2) is 0 Å². The molecule has 0 aromatic carbocycles. The Kier molecular flexibility index (Phi) is 8.45.